The van der Waals surface area contributed by atoms with E-state index in [1.54, 1.807) is 0 Å². The smallest absolute Gasteiger partial charge is 0.0829 e. The summed E-state index contributed by atoms with van der Waals surface area (Å²) in [5.41, 5.74) is 3.99. The Labute approximate surface area is 119 Å². The molecule has 108 valence electrons. The lowest BCUT2D eigenvalue weighted by molar-refractivity contribution is 0.101. The quantitative estimate of drug-likeness (QED) is 0.594. The van der Waals surface area contributed by atoms with Gasteiger partial charge in [0.25, 0.3) is 0 Å². The first-order valence-corrected chi connectivity index (χ1v) is 7.89. The Bertz CT molecular complexity index is 376. The van der Waals surface area contributed by atoms with E-state index in [0.29, 0.717) is 12.0 Å². The average Bonchev–Trinajstić information content (AvgIpc) is 3.05. The van der Waals surface area contributed by atoms with Crippen molar-refractivity contribution in [2.75, 3.05) is 6.61 Å². The van der Waals surface area contributed by atoms with Crippen molar-refractivity contribution in [3.05, 3.63) is 10.6 Å². The van der Waals surface area contributed by atoms with Crippen molar-refractivity contribution in [3.63, 3.8) is 0 Å². The van der Waals surface area contributed by atoms with Crippen molar-refractivity contribution in [1.29, 1.82) is 0 Å². The van der Waals surface area contributed by atoms with Crippen LogP contribution in [0.1, 0.15) is 68.5 Å². The van der Waals surface area contributed by atoms with Crippen LogP contribution in [0.4, 0.5) is 0 Å². The molecular weight excluding hydrogens is 260 g/mol. The molecule has 0 radical (unpaired) electrons. The van der Waals surface area contributed by atoms with E-state index in [9.17, 15) is 0 Å². The second-order valence-electron chi connectivity index (χ2n) is 5.46. The van der Waals surface area contributed by atoms with Gasteiger partial charge in [-0.2, -0.15) is 0 Å². The summed E-state index contributed by atoms with van der Waals surface area (Å²) in [6.07, 6.45) is 6.14. The summed E-state index contributed by atoms with van der Waals surface area (Å²) in [5.74, 6) is 6.09. The molecule has 2 atom stereocenters. The van der Waals surface area contributed by atoms with Gasteiger partial charge in [0, 0.05) is 6.61 Å². The van der Waals surface area contributed by atoms with Gasteiger partial charge in [-0.15, -0.1) is 5.10 Å². The number of ether oxygens (including phenoxy) is 1. The molecule has 2 rings (SSSR count). The lowest BCUT2D eigenvalue weighted by Gasteiger charge is -2.17. The summed E-state index contributed by atoms with van der Waals surface area (Å²) in [4.78, 5) is 1.19. The fraction of sp³-hybridized carbons (Fsp3) is 0.846. The maximum Gasteiger partial charge on any atom is 0.0829 e. The van der Waals surface area contributed by atoms with Gasteiger partial charge in [-0.1, -0.05) is 18.3 Å². The molecule has 5 nitrogen and oxygen atoms in total. The standard InChI is InChI=1S/C13H24N4OS/c1-9(2)12-13(19-17-16-12)11(15-14)7-3-5-10-6-4-8-18-10/h9-11,15H,3-8,14H2,1-2H3. The Kier molecular flexibility index (Phi) is 5.69. The number of aromatic nitrogens is 2. The number of hydrazine groups is 1. The SMILES string of the molecule is CC(C)c1nnsc1C(CCCC1CCCO1)NN. The number of nitrogens with two attached hydrogens (primary N) is 1. The highest BCUT2D eigenvalue weighted by Crippen LogP contribution is 2.29. The molecule has 1 aliphatic rings. The molecule has 6 heteroatoms. The van der Waals surface area contributed by atoms with Crippen LogP contribution in [0.15, 0.2) is 0 Å². The molecule has 3 N–H and O–H groups in total. The van der Waals surface area contributed by atoms with E-state index < -0.39 is 0 Å². The van der Waals surface area contributed by atoms with Gasteiger partial charge < -0.3 is 4.74 Å². The molecule has 1 aliphatic heterocycles. The summed E-state index contributed by atoms with van der Waals surface area (Å²) in [5, 5.41) is 4.22. The predicted octanol–water partition coefficient (Wildman–Crippen LogP) is 2.52. The minimum absolute atomic E-state index is 0.166. The highest BCUT2D eigenvalue weighted by molar-refractivity contribution is 7.05. The minimum Gasteiger partial charge on any atom is -0.378 e. The Balaban J connectivity index is 1.86. The van der Waals surface area contributed by atoms with Crippen LogP contribution in [0, 0.1) is 0 Å². The molecule has 1 fully saturated rings. The third-order valence-corrected chi connectivity index (χ3v) is 4.50. The molecule has 0 aliphatic carbocycles. The van der Waals surface area contributed by atoms with E-state index >= 15 is 0 Å². The molecule has 0 spiro atoms. The maximum absolute atomic E-state index is 5.70. The summed E-state index contributed by atoms with van der Waals surface area (Å²) < 4.78 is 9.72. The van der Waals surface area contributed by atoms with Gasteiger partial charge in [0.15, 0.2) is 0 Å². The second kappa shape index (κ2) is 7.28. The van der Waals surface area contributed by atoms with Crippen molar-refractivity contribution in [2.24, 2.45) is 5.84 Å². The van der Waals surface area contributed by atoms with E-state index in [0.717, 1.165) is 31.6 Å². The molecule has 2 heterocycles. The molecule has 1 saturated heterocycles. The number of hydrogen-bond acceptors (Lipinski definition) is 6. The fourth-order valence-corrected chi connectivity index (χ4v) is 3.46. The number of hydrogen-bond donors (Lipinski definition) is 2. The topological polar surface area (TPSA) is 73.1 Å². The maximum atomic E-state index is 5.70. The molecule has 1 aromatic rings. The first-order valence-electron chi connectivity index (χ1n) is 7.12. The Morgan fingerprint density at radius 1 is 1.53 bits per heavy atom. The van der Waals surface area contributed by atoms with Gasteiger partial charge in [-0.05, 0) is 49.6 Å². The monoisotopic (exact) mass is 284 g/mol. The van der Waals surface area contributed by atoms with Crippen LogP contribution in [-0.4, -0.2) is 22.3 Å². The Morgan fingerprint density at radius 3 is 3.00 bits per heavy atom. The Hall–Kier alpha value is -0.560. The highest BCUT2D eigenvalue weighted by atomic mass is 32.1. The van der Waals surface area contributed by atoms with Crippen LogP contribution in [0.3, 0.4) is 0 Å². The van der Waals surface area contributed by atoms with Crippen molar-refractivity contribution in [1.82, 2.24) is 15.0 Å². The third kappa shape index (κ3) is 3.95. The van der Waals surface area contributed by atoms with Gasteiger partial charge in [0.1, 0.15) is 0 Å². The zero-order valence-corrected chi connectivity index (χ0v) is 12.6. The van der Waals surface area contributed by atoms with Crippen molar-refractivity contribution in [2.45, 2.75) is 64.0 Å². The van der Waals surface area contributed by atoms with Gasteiger partial charge in [-0.25, -0.2) is 0 Å². The predicted molar refractivity (Wildman–Crippen MR) is 76.9 cm³/mol. The lowest BCUT2D eigenvalue weighted by atomic mass is 10.0. The van der Waals surface area contributed by atoms with Gasteiger partial charge >= 0.3 is 0 Å². The summed E-state index contributed by atoms with van der Waals surface area (Å²) in [6, 6.07) is 0.166. The summed E-state index contributed by atoms with van der Waals surface area (Å²) >= 11 is 1.46. The molecule has 0 amide bonds. The molecule has 19 heavy (non-hydrogen) atoms. The molecule has 0 aromatic carbocycles. The van der Waals surface area contributed by atoms with E-state index in [1.165, 1.54) is 29.3 Å². The summed E-state index contributed by atoms with van der Waals surface area (Å²) in [6.45, 7) is 5.21. The molecule has 0 bridgehead atoms. The van der Waals surface area contributed by atoms with Crippen LogP contribution in [0.5, 0.6) is 0 Å². The van der Waals surface area contributed by atoms with Gasteiger partial charge in [0.05, 0.1) is 22.7 Å². The van der Waals surface area contributed by atoms with Gasteiger partial charge in [0.2, 0.25) is 0 Å². The highest BCUT2D eigenvalue weighted by Gasteiger charge is 2.21. The number of rotatable bonds is 7. The largest absolute Gasteiger partial charge is 0.378 e. The second-order valence-corrected chi connectivity index (χ2v) is 6.25. The fourth-order valence-electron chi connectivity index (χ4n) is 2.56. The van der Waals surface area contributed by atoms with E-state index in [4.69, 9.17) is 10.6 Å². The molecular formula is C13H24N4OS. The zero-order chi connectivity index (χ0) is 13.7. The molecule has 1 aromatic heterocycles. The first kappa shape index (κ1) is 14.8. The van der Waals surface area contributed by atoms with Crippen molar-refractivity contribution >= 4 is 11.5 Å². The van der Waals surface area contributed by atoms with E-state index in [2.05, 4.69) is 28.9 Å². The third-order valence-electron chi connectivity index (χ3n) is 3.65. The number of nitrogens with one attached hydrogen (secondary N) is 1. The Morgan fingerprint density at radius 2 is 2.37 bits per heavy atom. The summed E-state index contributed by atoms with van der Waals surface area (Å²) in [7, 11) is 0. The van der Waals surface area contributed by atoms with Gasteiger partial charge in [-0.3, -0.25) is 11.3 Å². The van der Waals surface area contributed by atoms with E-state index in [1.807, 2.05) is 0 Å². The first-order chi connectivity index (χ1) is 9.22. The van der Waals surface area contributed by atoms with Crippen LogP contribution in [0.2, 0.25) is 0 Å². The molecule has 2 unspecified atom stereocenters. The van der Waals surface area contributed by atoms with E-state index in [-0.39, 0.29) is 6.04 Å². The van der Waals surface area contributed by atoms with Crippen molar-refractivity contribution < 1.29 is 4.74 Å². The lowest BCUT2D eigenvalue weighted by Crippen LogP contribution is -2.28. The van der Waals surface area contributed by atoms with Crippen LogP contribution < -0.4 is 11.3 Å². The van der Waals surface area contributed by atoms with Crippen LogP contribution >= 0.6 is 11.5 Å². The minimum atomic E-state index is 0.166. The van der Waals surface area contributed by atoms with Crippen LogP contribution in [-0.2, 0) is 4.74 Å². The average molecular weight is 284 g/mol. The molecule has 0 saturated carbocycles. The van der Waals surface area contributed by atoms with Crippen LogP contribution in [0.25, 0.3) is 0 Å². The zero-order valence-electron chi connectivity index (χ0n) is 11.8. The number of nitrogens with zero attached hydrogens (tertiary/aromatic N) is 2. The van der Waals surface area contributed by atoms with Crippen molar-refractivity contribution in [3.8, 4) is 0 Å². The normalized spacial score (nSPS) is 21.2.